The van der Waals surface area contributed by atoms with E-state index in [4.69, 9.17) is 28.0 Å². The fourth-order valence-electron chi connectivity index (χ4n) is 1.46. The third kappa shape index (κ3) is 2.35. The van der Waals surface area contributed by atoms with Gasteiger partial charge in [0, 0.05) is 0 Å². The number of aromatic nitrogens is 3. The molecule has 0 unspecified atom stereocenters. The molecule has 0 bridgehead atoms. The fraction of sp³-hybridized carbons (Fsp3) is 0.0833. The zero-order valence-corrected chi connectivity index (χ0v) is 10.2. The molecule has 7 heteroatoms. The van der Waals surface area contributed by atoms with Crippen LogP contribution in [-0.2, 0) is 0 Å². The minimum Gasteiger partial charge on any atom is -0.478 e. The van der Waals surface area contributed by atoms with Gasteiger partial charge in [-0.2, -0.15) is 10.4 Å². The maximum Gasteiger partial charge on any atom is 0.159 e. The maximum atomic E-state index is 13.9. The third-order valence-corrected chi connectivity index (χ3v) is 2.57. The third-order valence-electron chi connectivity index (χ3n) is 2.22. The second kappa shape index (κ2) is 5.38. The Morgan fingerprint density at radius 1 is 1.58 bits per heavy atom. The standard InChI is InChI=1S/C12H6ClFN4O/c1-2-3-19-12-8(5-15)4-9(14)11(10(12)13)18-7-16-6-17-18/h1,4,6-7H,3H2. The Bertz CT molecular complexity index is 685. The lowest BCUT2D eigenvalue weighted by Gasteiger charge is -2.12. The molecule has 2 rings (SSSR count). The highest BCUT2D eigenvalue weighted by Crippen LogP contribution is 2.35. The van der Waals surface area contributed by atoms with Crippen LogP contribution < -0.4 is 4.74 Å². The van der Waals surface area contributed by atoms with Crippen molar-refractivity contribution in [1.82, 2.24) is 14.8 Å². The van der Waals surface area contributed by atoms with Crippen molar-refractivity contribution in [2.45, 2.75) is 0 Å². The van der Waals surface area contributed by atoms with Crippen LogP contribution in [0.15, 0.2) is 18.7 Å². The number of hydrogen-bond donors (Lipinski definition) is 0. The first-order valence-corrected chi connectivity index (χ1v) is 5.40. The first-order valence-electron chi connectivity index (χ1n) is 5.02. The summed E-state index contributed by atoms with van der Waals surface area (Å²) in [6.45, 7) is -0.0865. The summed E-state index contributed by atoms with van der Waals surface area (Å²) in [6, 6.07) is 2.80. The molecule has 0 radical (unpaired) electrons. The lowest BCUT2D eigenvalue weighted by molar-refractivity contribution is 0.368. The summed E-state index contributed by atoms with van der Waals surface area (Å²) in [4.78, 5) is 3.70. The summed E-state index contributed by atoms with van der Waals surface area (Å²) in [5.74, 6) is 1.56. The topological polar surface area (TPSA) is 63.7 Å². The van der Waals surface area contributed by atoms with E-state index in [1.165, 1.54) is 12.7 Å². The quantitative estimate of drug-likeness (QED) is 0.804. The van der Waals surface area contributed by atoms with E-state index in [-0.39, 0.29) is 28.6 Å². The predicted molar refractivity (Wildman–Crippen MR) is 65.4 cm³/mol. The van der Waals surface area contributed by atoms with Gasteiger partial charge in [0.1, 0.15) is 36.0 Å². The van der Waals surface area contributed by atoms with E-state index in [1.807, 2.05) is 0 Å². The zero-order valence-electron chi connectivity index (χ0n) is 9.47. The Hall–Kier alpha value is -2.57. The molecule has 94 valence electrons. The van der Waals surface area contributed by atoms with Gasteiger partial charge in [0.2, 0.25) is 0 Å². The highest BCUT2D eigenvalue weighted by Gasteiger charge is 2.20. The second-order valence-corrected chi connectivity index (χ2v) is 3.72. The largest absolute Gasteiger partial charge is 0.478 e. The summed E-state index contributed by atoms with van der Waals surface area (Å²) in [7, 11) is 0. The van der Waals surface area contributed by atoms with Crippen molar-refractivity contribution in [3.8, 4) is 29.8 Å². The van der Waals surface area contributed by atoms with Crippen molar-refractivity contribution < 1.29 is 9.13 Å². The monoisotopic (exact) mass is 276 g/mol. The van der Waals surface area contributed by atoms with E-state index in [9.17, 15) is 4.39 Å². The number of hydrogen-bond acceptors (Lipinski definition) is 4. The molecule has 0 N–H and O–H groups in total. The van der Waals surface area contributed by atoms with Crippen LogP contribution in [-0.4, -0.2) is 21.4 Å². The number of halogens is 2. The van der Waals surface area contributed by atoms with Crippen LogP contribution in [0.4, 0.5) is 4.39 Å². The van der Waals surface area contributed by atoms with Gasteiger partial charge in [-0.15, -0.1) is 6.42 Å². The van der Waals surface area contributed by atoms with Gasteiger partial charge in [-0.25, -0.2) is 14.1 Å². The van der Waals surface area contributed by atoms with Crippen LogP contribution in [0.1, 0.15) is 5.56 Å². The lowest BCUT2D eigenvalue weighted by atomic mass is 10.2. The molecule has 0 saturated carbocycles. The summed E-state index contributed by atoms with van der Waals surface area (Å²) < 4.78 is 20.3. The average molecular weight is 277 g/mol. The van der Waals surface area contributed by atoms with Crippen molar-refractivity contribution in [1.29, 1.82) is 5.26 Å². The number of nitrogens with zero attached hydrogens (tertiary/aromatic N) is 4. The molecule has 0 amide bonds. The highest BCUT2D eigenvalue weighted by molar-refractivity contribution is 6.34. The van der Waals surface area contributed by atoms with Crippen LogP contribution in [0, 0.1) is 29.5 Å². The Kier molecular flexibility index (Phi) is 3.65. The van der Waals surface area contributed by atoms with Gasteiger partial charge in [0.15, 0.2) is 11.6 Å². The molecule has 1 aromatic heterocycles. The van der Waals surface area contributed by atoms with Crippen molar-refractivity contribution in [2.75, 3.05) is 6.61 Å². The fourth-order valence-corrected chi connectivity index (χ4v) is 1.80. The second-order valence-electron chi connectivity index (χ2n) is 3.34. The molecule has 0 aliphatic heterocycles. The van der Waals surface area contributed by atoms with Crippen LogP contribution >= 0.6 is 11.6 Å². The molecule has 1 aromatic carbocycles. The van der Waals surface area contributed by atoms with E-state index in [2.05, 4.69) is 16.0 Å². The minimum atomic E-state index is -0.708. The van der Waals surface area contributed by atoms with Gasteiger partial charge in [0.25, 0.3) is 0 Å². The summed E-state index contributed by atoms with van der Waals surface area (Å²) in [5.41, 5.74) is -0.0909. The van der Waals surface area contributed by atoms with Crippen molar-refractivity contribution in [3.63, 3.8) is 0 Å². The van der Waals surface area contributed by atoms with Crippen LogP contribution in [0.5, 0.6) is 5.75 Å². The summed E-state index contributed by atoms with van der Waals surface area (Å²) in [6.07, 6.45) is 7.59. The van der Waals surface area contributed by atoms with E-state index in [0.717, 1.165) is 10.7 Å². The number of rotatable bonds is 3. The summed E-state index contributed by atoms with van der Waals surface area (Å²) >= 11 is 6.05. The molecule has 2 aromatic rings. The van der Waals surface area contributed by atoms with E-state index >= 15 is 0 Å². The number of benzene rings is 1. The molecule has 19 heavy (non-hydrogen) atoms. The molecule has 1 heterocycles. The SMILES string of the molecule is C#CCOc1c(C#N)cc(F)c(-n2cncn2)c1Cl. The Morgan fingerprint density at radius 2 is 2.37 bits per heavy atom. The van der Waals surface area contributed by atoms with Gasteiger partial charge in [-0.3, -0.25) is 0 Å². The smallest absolute Gasteiger partial charge is 0.159 e. The molecule has 0 aliphatic carbocycles. The Balaban J connectivity index is 2.64. The van der Waals surface area contributed by atoms with E-state index in [1.54, 1.807) is 6.07 Å². The number of terminal acetylenes is 1. The molecule has 0 aliphatic rings. The number of ether oxygens (including phenoxy) is 1. The zero-order chi connectivity index (χ0) is 13.8. The van der Waals surface area contributed by atoms with Gasteiger partial charge < -0.3 is 4.74 Å². The molecule has 0 fully saturated rings. The van der Waals surface area contributed by atoms with Gasteiger partial charge in [-0.05, 0) is 6.07 Å². The number of nitriles is 1. The molecular weight excluding hydrogens is 271 g/mol. The molecule has 5 nitrogen and oxygen atoms in total. The molecule has 0 spiro atoms. The predicted octanol–water partition coefficient (Wildman–Crippen LogP) is 1.94. The average Bonchev–Trinajstić information content (AvgIpc) is 2.91. The highest BCUT2D eigenvalue weighted by atomic mass is 35.5. The van der Waals surface area contributed by atoms with Crippen LogP contribution in [0.2, 0.25) is 5.02 Å². The van der Waals surface area contributed by atoms with E-state index in [0.29, 0.717) is 0 Å². The van der Waals surface area contributed by atoms with Gasteiger partial charge >= 0.3 is 0 Å². The van der Waals surface area contributed by atoms with Crippen molar-refractivity contribution in [3.05, 3.63) is 35.1 Å². The Morgan fingerprint density at radius 3 is 2.95 bits per heavy atom. The van der Waals surface area contributed by atoms with Crippen LogP contribution in [0.25, 0.3) is 5.69 Å². The van der Waals surface area contributed by atoms with Crippen molar-refractivity contribution >= 4 is 11.6 Å². The first-order chi connectivity index (χ1) is 9.19. The normalized spacial score (nSPS) is 9.68. The lowest BCUT2D eigenvalue weighted by Crippen LogP contribution is -2.05. The minimum absolute atomic E-state index is 0.0222. The van der Waals surface area contributed by atoms with Gasteiger partial charge in [0.05, 0.1) is 5.56 Å². The maximum absolute atomic E-state index is 13.9. The first kappa shape index (κ1) is 12.9. The van der Waals surface area contributed by atoms with Gasteiger partial charge in [-0.1, -0.05) is 17.5 Å². The summed E-state index contributed by atoms with van der Waals surface area (Å²) in [5, 5.41) is 12.6. The van der Waals surface area contributed by atoms with Crippen LogP contribution in [0.3, 0.4) is 0 Å². The molecule has 0 atom stereocenters. The molecule has 0 saturated heterocycles. The van der Waals surface area contributed by atoms with Crippen molar-refractivity contribution in [2.24, 2.45) is 0 Å². The molecular formula is C12H6ClFN4O. The van der Waals surface area contributed by atoms with E-state index < -0.39 is 5.82 Å². The Labute approximate surface area is 113 Å².